The van der Waals surface area contributed by atoms with Crippen LogP contribution in [0.3, 0.4) is 0 Å². The molecule has 3 N–H and O–H groups in total. The molecule has 11 heteroatoms. The molecule has 0 radical (unpaired) electrons. The van der Waals surface area contributed by atoms with Gasteiger partial charge in [-0.1, -0.05) is 30.3 Å². The van der Waals surface area contributed by atoms with Crippen molar-refractivity contribution in [1.82, 2.24) is 10.2 Å². The molecule has 2 aromatic carbocycles. The van der Waals surface area contributed by atoms with Crippen molar-refractivity contribution in [2.75, 3.05) is 6.61 Å². The van der Waals surface area contributed by atoms with Crippen LogP contribution >= 0.6 is 0 Å². The second-order valence-corrected chi connectivity index (χ2v) is 8.33. The van der Waals surface area contributed by atoms with E-state index < -0.39 is 54.3 Å². The van der Waals surface area contributed by atoms with Crippen molar-refractivity contribution in [2.45, 2.75) is 56.3 Å². The number of aliphatic hydroxyl groups excluding tert-OH is 1. The van der Waals surface area contributed by atoms with Crippen molar-refractivity contribution in [3.63, 3.8) is 0 Å². The standard InChI is InChI=1S/C23H24F6N2O3/c24-22(25,26)16-6-15(7-17(9-16)23(27,28)29)12-30-18-10-19(8-14-4-2-1-3-5-14)31(21(33)34)20(11-18)13-32/h1-7,9,18-20,30,32H,8,10-13H2,(H,33,34). The van der Waals surface area contributed by atoms with Gasteiger partial charge >= 0.3 is 18.4 Å². The topological polar surface area (TPSA) is 72.8 Å². The third kappa shape index (κ3) is 6.41. The fourth-order valence-corrected chi connectivity index (χ4v) is 4.37. The summed E-state index contributed by atoms with van der Waals surface area (Å²) < 4.78 is 78.8. The molecule has 2 aromatic rings. The zero-order valence-electron chi connectivity index (χ0n) is 17.9. The third-order valence-corrected chi connectivity index (χ3v) is 5.89. The molecular weight excluding hydrogens is 466 g/mol. The molecule has 1 aliphatic heterocycles. The maximum Gasteiger partial charge on any atom is 0.416 e. The van der Waals surface area contributed by atoms with E-state index in [4.69, 9.17) is 0 Å². The number of alkyl halides is 6. The van der Waals surface area contributed by atoms with Crippen LogP contribution in [0, 0.1) is 0 Å². The van der Waals surface area contributed by atoms with E-state index >= 15 is 0 Å². The van der Waals surface area contributed by atoms with Crippen LogP contribution in [0.1, 0.15) is 35.1 Å². The highest BCUT2D eigenvalue weighted by Crippen LogP contribution is 2.36. The molecule has 1 fully saturated rings. The largest absolute Gasteiger partial charge is 0.465 e. The van der Waals surface area contributed by atoms with Crippen molar-refractivity contribution in [3.05, 3.63) is 70.8 Å². The Morgan fingerprint density at radius 2 is 1.47 bits per heavy atom. The summed E-state index contributed by atoms with van der Waals surface area (Å²) in [5.74, 6) is 0. The highest BCUT2D eigenvalue weighted by molar-refractivity contribution is 5.66. The number of nitrogens with one attached hydrogen (secondary N) is 1. The summed E-state index contributed by atoms with van der Waals surface area (Å²) in [6.45, 7) is -0.738. The van der Waals surface area contributed by atoms with Crippen LogP contribution in [0.5, 0.6) is 0 Å². The van der Waals surface area contributed by atoms with Gasteiger partial charge in [0.05, 0.1) is 23.8 Å². The maximum atomic E-state index is 13.1. The third-order valence-electron chi connectivity index (χ3n) is 5.89. The average molecular weight is 490 g/mol. The number of halogens is 6. The molecule has 34 heavy (non-hydrogen) atoms. The number of carbonyl (C=O) groups is 1. The highest BCUT2D eigenvalue weighted by Gasteiger charge is 2.39. The molecule has 0 aromatic heterocycles. The van der Waals surface area contributed by atoms with Crippen molar-refractivity contribution in [2.24, 2.45) is 0 Å². The minimum Gasteiger partial charge on any atom is -0.465 e. The molecule has 0 spiro atoms. The molecule has 0 aliphatic carbocycles. The average Bonchev–Trinajstić information content (AvgIpc) is 2.76. The predicted molar refractivity (Wildman–Crippen MR) is 111 cm³/mol. The lowest BCUT2D eigenvalue weighted by molar-refractivity contribution is -0.143. The summed E-state index contributed by atoms with van der Waals surface area (Å²) in [6, 6.07) is 8.75. The van der Waals surface area contributed by atoms with Crippen molar-refractivity contribution >= 4 is 6.09 Å². The Kier molecular flexibility index (Phi) is 7.77. The van der Waals surface area contributed by atoms with Gasteiger partial charge in [0.25, 0.3) is 0 Å². The van der Waals surface area contributed by atoms with E-state index in [0.29, 0.717) is 18.6 Å². The quantitative estimate of drug-likeness (QED) is 0.503. The van der Waals surface area contributed by atoms with Gasteiger partial charge in [-0.25, -0.2) is 4.79 Å². The first-order valence-electron chi connectivity index (χ1n) is 10.6. The van der Waals surface area contributed by atoms with E-state index in [1.165, 1.54) is 4.90 Å². The molecule has 186 valence electrons. The van der Waals surface area contributed by atoms with Gasteiger partial charge in [-0.2, -0.15) is 26.3 Å². The number of aliphatic hydroxyl groups is 1. The molecule has 0 bridgehead atoms. The Morgan fingerprint density at radius 1 is 0.912 bits per heavy atom. The van der Waals surface area contributed by atoms with Crippen LogP contribution in [0.2, 0.25) is 0 Å². The molecule has 3 atom stereocenters. The van der Waals surface area contributed by atoms with E-state index in [0.717, 1.165) is 5.56 Å². The first-order chi connectivity index (χ1) is 15.9. The van der Waals surface area contributed by atoms with Crippen LogP contribution < -0.4 is 5.32 Å². The van der Waals surface area contributed by atoms with Crippen molar-refractivity contribution in [1.29, 1.82) is 0 Å². The first-order valence-corrected chi connectivity index (χ1v) is 10.6. The van der Waals surface area contributed by atoms with E-state index in [1.807, 2.05) is 18.2 Å². The van der Waals surface area contributed by atoms with Gasteiger partial charge in [0, 0.05) is 18.6 Å². The Hall–Kier alpha value is -2.79. The summed E-state index contributed by atoms with van der Waals surface area (Å²) in [6.07, 6.45) is -10.3. The Morgan fingerprint density at radius 3 is 1.97 bits per heavy atom. The molecular formula is C23H24F6N2O3. The van der Waals surface area contributed by atoms with Crippen LogP contribution in [0.15, 0.2) is 48.5 Å². The van der Waals surface area contributed by atoms with Crippen LogP contribution in [0.4, 0.5) is 31.1 Å². The molecule has 1 heterocycles. The monoisotopic (exact) mass is 490 g/mol. The first kappa shape index (κ1) is 25.8. The zero-order valence-corrected chi connectivity index (χ0v) is 17.9. The smallest absolute Gasteiger partial charge is 0.416 e. The fourth-order valence-electron chi connectivity index (χ4n) is 4.37. The van der Waals surface area contributed by atoms with E-state index in [9.17, 15) is 41.4 Å². The minimum absolute atomic E-state index is 0.0759. The van der Waals surface area contributed by atoms with Gasteiger partial charge in [0.15, 0.2) is 0 Å². The SMILES string of the molecule is O=C(O)N1C(CO)CC(NCc2cc(C(F)(F)F)cc(C(F)(F)F)c2)CC1Cc1ccccc1. The highest BCUT2D eigenvalue weighted by atomic mass is 19.4. The normalized spacial score (nSPS) is 21.5. The van der Waals surface area contributed by atoms with Gasteiger partial charge < -0.3 is 15.5 Å². The number of nitrogens with zero attached hydrogens (tertiary/aromatic N) is 1. The molecule has 5 nitrogen and oxygen atoms in total. The number of rotatable bonds is 6. The summed E-state index contributed by atoms with van der Waals surface area (Å²) in [5.41, 5.74) is -2.11. The van der Waals surface area contributed by atoms with E-state index in [-0.39, 0.29) is 31.0 Å². The van der Waals surface area contributed by atoms with Gasteiger partial charge in [0.1, 0.15) is 0 Å². The number of hydrogen-bond acceptors (Lipinski definition) is 3. The lowest BCUT2D eigenvalue weighted by Crippen LogP contribution is -2.57. The number of piperidine rings is 1. The van der Waals surface area contributed by atoms with Gasteiger partial charge in [-0.3, -0.25) is 4.90 Å². The van der Waals surface area contributed by atoms with Gasteiger partial charge in [-0.05, 0) is 48.6 Å². The Labute approximate surface area is 192 Å². The number of amides is 1. The van der Waals surface area contributed by atoms with Crippen LogP contribution in [-0.2, 0) is 25.3 Å². The lowest BCUT2D eigenvalue weighted by Gasteiger charge is -2.43. The lowest BCUT2D eigenvalue weighted by atomic mass is 9.88. The fraction of sp³-hybridized carbons (Fsp3) is 0.435. The maximum absolute atomic E-state index is 13.1. The second-order valence-electron chi connectivity index (χ2n) is 8.33. The summed E-state index contributed by atoms with van der Waals surface area (Å²) in [7, 11) is 0. The predicted octanol–water partition coefficient (Wildman–Crippen LogP) is 4.93. The van der Waals surface area contributed by atoms with E-state index in [1.54, 1.807) is 12.1 Å². The second kappa shape index (κ2) is 10.2. The molecule has 1 saturated heterocycles. The summed E-state index contributed by atoms with van der Waals surface area (Å²) in [5, 5.41) is 22.4. The number of carboxylic acid groups (broad SMARTS) is 1. The number of benzene rings is 2. The number of hydrogen-bond donors (Lipinski definition) is 3. The van der Waals surface area contributed by atoms with E-state index in [2.05, 4.69) is 5.32 Å². The Bertz CT molecular complexity index is 949. The Balaban J connectivity index is 1.80. The molecule has 3 rings (SSSR count). The van der Waals surface area contributed by atoms with Crippen molar-refractivity contribution in [3.8, 4) is 0 Å². The summed E-state index contributed by atoms with van der Waals surface area (Å²) >= 11 is 0. The minimum atomic E-state index is -4.94. The summed E-state index contributed by atoms with van der Waals surface area (Å²) in [4.78, 5) is 13.0. The molecule has 1 aliphatic rings. The zero-order chi connectivity index (χ0) is 25.1. The van der Waals surface area contributed by atoms with Crippen molar-refractivity contribution < 1.29 is 41.4 Å². The number of likely N-dealkylation sites (tertiary alicyclic amines) is 1. The van der Waals surface area contributed by atoms with Crippen LogP contribution in [-0.4, -0.2) is 45.9 Å². The van der Waals surface area contributed by atoms with Gasteiger partial charge in [0.2, 0.25) is 0 Å². The van der Waals surface area contributed by atoms with Gasteiger partial charge in [-0.15, -0.1) is 0 Å². The molecule has 1 amide bonds. The molecule has 0 saturated carbocycles. The van der Waals surface area contributed by atoms with Crippen LogP contribution in [0.25, 0.3) is 0 Å². The molecule has 3 unspecified atom stereocenters.